The van der Waals surface area contributed by atoms with E-state index < -0.39 is 4.92 Å². The molecule has 0 aliphatic carbocycles. The van der Waals surface area contributed by atoms with E-state index in [9.17, 15) is 10.1 Å². The van der Waals surface area contributed by atoms with E-state index in [1.807, 2.05) is 30.3 Å². The summed E-state index contributed by atoms with van der Waals surface area (Å²) in [4.78, 5) is 19.0. The highest BCUT2D eigenvalue weighted by atomic mass is 16.6. The second kappa shape index (κ2) is 9.23. The van der Waals surface area contributed by atoms with E-state index in [1.54, 1.807) is 44.6 Å². The maximum Gasteiger partial charge on any atom is 0.269 e. The van der Waals surface area contributed by atoms with Crippen LogP contribution in [-0.2, 0) is 0 Å². The Balaban J connectivity index is 1.58. The van der Waals surface area contributed by atoms with Crippen molar-refractivity contribution in [2.75, 3.05) is 20.0 Å². The molecule has 9 nitrogen and oxygen atoms in total. The topological polar surface area (TPSA) is 123 Å². The molecule has 4 rings (SSSR count). The number of benzene rings is 3. The zero-order valence-corrected chi connectivity index (χ0v) is 17.9. The minimum Gasteiger partial charge on any atom is -0.493 e. The summed E-state index contributed by atoms with van der Waals surface area (Å²) in [6, 6.07) is 20.5. The van der Waals surface area contributed by atoms with Crippen molar-refractivity contribution < 1.29 is 19.1 Å². The van der Waals surface area contributed by atoms with Gasteiger partial charge in [0.25, 0.3) is 5.69 Å². The number of nitrogens with zero attached hydrogens (tertiary/aromatic N) is 3. The summed E-state index contributed by atoms with van der Waals surface area (Å²) < 4.78 is 16.4. The second-order valence-electron chi connectivity index (χ2n) is 6.94. The molecule has 166 valence electrons. The van der Waals surface area contributed by atoms with Gasteiger partial charge in [0.05, 0.1) is 30.5 Å². The Kier molecular flexibility index (Phi) is 6.03. The number of ether oxygens (including phenoxy) is 3. The zero-order valence-electron chi connectivity index (χ0n) is 17.9. The van der Waals surface area contributed by atoms with Crippen LogP contribution in [-0.4, -0.2) is 29.1 Å². The fourth-order valence-electron chi connectivity index (χ4n) is 3.22. The molecule has 0 spiro atoms. The van der Waals surface area contributed by atoms with Gasteiger partial charge in [-0.15, -0.1) is 0 Å². The molecule has 3 aromatic carbocycles. The molecule has 0 aliphatic heterocycles. The number of hydrogen-bond acceptors (Lipinski definition) is 8. The van der Waals surface area contributed by atoms with Gasteiger partial charge >= 0.3 is 0 Å². The molecule has 33 heavy (non-hydrogen) atoms. The number of nitrogens with two attached hydrogens (primary N) is 1. The average Bonchev–Trinajstić information content (AvgIpc) is 2.84. The van der Waals surface area contributed by atoms with Crippen molar-refractivity contribution in [1.29, 1.82) is 0 Å². The van der Waals surface area contributed by atoms with Gasteiger partial charge in [0.2, 0.25) is 5.95 Å². The SMILES string of the molecule is COc1ccc(-c2cc(-c3ccc(Oc4ccc([N+](=O)[O-])cc4)cc3)nc(N)n2)cc1OC. The maximum absolute atomic E-state index is 10.8. The fraction of sp³-hybridized carbons (Fsp3) is 0.0833. The summed E-state index contributed by atoms with van der Waals surface area (Å²) in [5.74, 6) is 2.42. The molecule has 0 bridgehead atoms. The summed E-state index contributed by atoms with van der Waals surface area (Å²) >= 11 is 0. The third-order valence-electron chi connectivity index (χ3n) is 4.86. The first kappa shape index (κ1) is 21.6. The lowest BCUT2D eigenvalue weighted by Crippen LogP contribution is -1.99. The van der Waals surface area contributed by atoms with Gasteiger partial charge in [0, 0.05) is 23.3 Å². The second-order valence-corrected chi connectivity index (χ2v) is 6.94. The number of methoxy groups -OCH3 is 2. The number of nitro groups is 1. The molecule has 0 atom stereocenters. The molecule has 1 heterocycles. The van der Waals surface area contributed by atoms with E-state index in [-0.39, 0.29) is 11.6 Å². The van der Waals surface area contributed by atoms with Gasteiger partial charge in [-0.3, -0.25) is 10.1 Å². The van der Waals surface area contributed by atoms with Crippen LogP contribution >= 0.6 is 0 Å². The number of non-ortho nitro benzene ring substituents is 1. The number of nitrogen functional groups attached to an aromatic ring is 1. The lowest BCUT2D eigenvalue weighted by atomic mass is 10.1. The van der Waals surface area contributed by atoms with Crippen LogP contribution in [0.3, 0.4) is 0 Å². The van der Waals surface area contributed by atoms with Gasteiger partial charge in [-0.2, -0.15) is 0 Å². The lowest BCUT2D eigenvalue weighted by molar-refractivity contribution is -0.384. The highest BCUT2D eigenvalue weighted by Gasteiger charge is 2.11. The van der Waals surface area contributed by atoms with Gasteiger partial charge in [-0.25, -0.2) is 9.97 Å². The summed E-state index contributed by atoms with van der Waals surface area (Å²) in [6.07, 6.45) is 0. The van der Waals surface area contributed by atoms with Crippen LogP contribution in [0, 0.1) is 10.1 Å². The molecular formula is C24H20N4O5. The van der Waals surface area contributed by atoms with E-state index in [0.29, 0.717) is 34.4 Å². The first-order chi connectivity index (χ1) is 16.0. The van der Waals surface area contributed by atoms with Crippen LogP contribution in [0.4, 0.5) is 11.6 Å². The Labute approximate surface area is 189 Å². The predicted molar refractivity (Wildman–Crippen MR) is 124 cm³/mol. The van der Waals surface area contributed by atoms with Crippen molar-refractivity contribution in [2.24, 2.45) is 0 Å². The summed E-state index contributed by atoms with van der Waals surface area (Å²) in [6.45, 7) is 0. The quantitative estimate of drug-likeness (QED) is 0.308. The lowest BCUT2D eigenvalue weighted by Gasteiger charge is -2.11. The Morgan fingerprint density at radius 1 is 0.758 bits per heavy atom. The van der Waals surface area contributed by atoms with Crippen molar-refractivity contribution >= 4 is 11.6 Å². The van der Waals surface area contributed by atoms with Crippen molar-refractivity contribution in [3.63, 3.8) is 0 Å². The van der Waals surface area contributed by atoms with Crippen LogP contribution in [0.1, 0.15) is 0 Å². The van der Waals surface area contributed by atoms with Gasteiger partial charge in [0.1, 0.15) is 11.5 Å². The molecule has 0 fully saturated rings. The zero-order chi connectivity index (χ0) is 23.4. The third kappa shape index (κ3) is 4.82. The number of nitro benzene ring substituents is 1. The molecule has 0 amide bonds. The largest absolute Gasteiger partial charge is 0.493 e. The van der Waals surface area contributed by atoms with Crippen LogP contribution < -0.4 is 19.9 Å². The van der Waals surface area contributed by atoms with Crippen molar-refractivity contribution in [3.05, 3.63) is 82.9 Å². The monoisotopic (exact) mass is 444 g/mol. The molecular weight excluding hydrogens is 424 g/mol. The normalized spacial score (nSPS) is 10.5. The molecule has 0 unspecified atom stereocenters. The number of rotatable bonds is 7. The molecule has 2 N–H and O–H groups in total. The van der Waals surface area contributed by atoms with Crippen LogP contribution in [0.5, 0.6) is 23.0 Å². The summed E-state index contributed by atoms with van der Waals surface area (Å²) in [5, 5.41) is 10.8. The van der Waals surface area contributed by atoms with E-state index in [1.165, 1.54) is 12.1 Å². The minimum atomic E-state index is -0.456. The van der Waals surface area contributed by atoms with E-state index in [0.717, 1.165) is 11.1 Å². The standard InChI is InChI=1S/C24H20N4O5/c1-31-22-12-5-16(13-23(22)32-2)21-14-20(26-24(25)27-21)15-3-8-18(9-4-15)33-19-10-6-17(7-11-19)28(29)30/h3-14H,1-2H3,(H2,25,26,27). The Morgan fingerprint density at radius 2 is 1.30 bits per heavy atom. The first-order valence-corrected chi connectivity index (χ1v) is 9.86. The fourth-order valence-corrected chi connectivity index (χ4v) is 3.22. The highest BCUT2D eigenvalue weighted by molar-refractivity contribution is 5.71. The summed E-state index contributed by atoms with van der Waals surface area (Å²) in [7, 11) is 3.15. The minimum absolute atomic E-state index is 0.00401. The molecule has 4 aromatic rings. The Bertz CT molecular complexity index is 1290. The molecule has 0 saturated heterocycles. The first-order valence-electron chi connectivity index (χ1n) is 9.86. The third-order valence-corrected chi connectivity index (χ3v) is 4.86. The van der Waals surface area contributed by atoms with Crippen LogP contribution in [0.25, 0.3) is 22.5 Å². The van der Waals surface area contributed by atoms with Crippen molar-refractivity contribution in [1.82, 2.24) is 9.97 Å². The molecule has 0 aliphatic rings. The van der Waals surface area contributed by atoms with Gasteiger partial charge < -0.3 is 19.9 Å². The van der Waals surface area contributed by atoms with Gasteiger partial charge in [-0.05, 0) is 60.7 Å². The smallest absolute Gasteiger partial charge is 0.269 e. The maximum atomic E-state index is 10.8. The molecule has 0 radical (unpaired) electrons. The van der Waals surface area contributed by atoms with E-state index >= 15 is 0 Å². The highest BCUT2D eigenvalue weighted by Crippen LogP contribution is 2.33. The molecule has 9 heteroatoms. The number of hydrogen-bond donors (Lipinski definition) is 1. The van der Waals surface area contributed by atoms with Gasteiger partial charge in [0.15, 0.2) is 11.5 Å². The summed E-state index contributed by atoms with van der Waals surface area (Å²) in [5.41, 5.74) is 8.90. The van der Waals surface area contributed by atoms with Crippen molar-refractivity contribution in [2.45, 2.75) is 0 Å². The average molecular weight is 444 g/mol. The number of anilines is 1. The van der Waals surface area contributed by atoms with Crippen LogP contribution in [0.15, 0.2) is 72.8 Å². The van der Waals surface area contributed by atoms with Crippen molar-refractivity contribution in [3.8, 4) is 45.5 Å². The number of aromatic nitrogens is 2. The molecule has 0 saturated carbocycles. The Hall–Kier alpha value is -4.66. The molecule has 1 aromatic heterocycles. The van der Waals surface area contributed by atoms with E-state index in [2.05, 4.69) is 9.97 Å². The Morgan fingerprint density at radius 3 is 1.88 bits per heavy atom. The predicted octanol–water partition coefficient (Wildman–Crippen LogP) is 5.11. The van der Waals surface area contributed by atoms with Crippen LogP contribution in [0.2, 0.25) is 0 Å². The van der Waals surface area contributed by atoms with E-state index in [4.69, 9.17) is 19.9 Å². The van der Waals surface area contributed by atoms with Gasteiger partial charge in [-0.1, -0.05) is 0 Å².